The van der Waals surface area contributed by atoms with Gasteiger partial charge in [0.2, 0.25) is 0 Å². The highest BCUT2D eigenvalue weighted by Gasteiger charge is 2.48. The molecule has 0 aromatic heterocycles. The van der Waals surface area contributed by atoms with Crippen molar-refractivity contribution in [2.24, 2.45) is 34.5 Å². The van der Waals surface area contributed by atoms with Crippen LogP contribution in [-0.2, 0) is 0 Å². The summed E-state index contributed by atoms with van der Waals surface area (Å²) in [6.07, 6.45) is 21.8. The molecule has 0 heterocycles. The van der Waals surface area contributed by atoms with Crippen molar-refractivity contribution in [1.82, 2.24) is 0 Å². The van der Waals surface area contributed by atoms with Gasteiger partial charge in [0.05, 0.1) is 0 Å². The predicted octanol–water partition coefficient (Wildman–Crippen LogP) is 6.98. The van der Waals surface area contributed by atoms with Crippen molar-refractivity contribution in [1.29, 1.82) is 0 Å². The minimum absolute atomic E-state index is 0.782. The van der Waals surface area contributed by atoms with Gasteiger partial charge in [-0.15, -0.1) is 0 Å². The summed E-state index contributed by atoms with van der Waals surface area (Å²) in [5.41, 5.74) is 1.60. The molecule has 2 spiro atoms. The molecule has 0 radical (unpaired) electrons. The molecule has 0 aromatic carbocycles. The number of hydrogen-bond acceptors (Lipinski definition) is 0. The van der Waals surface area contributed by atoms with E-state index in [1.165, 1.54) is 25.7 Å². The molecule has 4 unspecified atom stereocenters. The zero-order chi connectivity index (χ0) is 15.2. The zero-order valence-electron chi connectivity index (χ0n) is 15.2. The van der Waals surface area contributed by atoms with Crippen LogP contribution in [0.4, 0.5) is 0 Å². The molecular weight excluding hydrogens is 264 g/mol. The van der Waals surface area contributed by atoms with Crippen molar-refractivity contribution in [2.45, 2.75) is 104 Å². The zero-order valence-corrected chi connectivity index (χ0v) is 15.2. The lowest BCUT2D eigenvalue weighted by atomic mass is 9.50. The number of hydrogen-bond donors (Lipinski definition) is 0. The maximum atomic E-state index is 2.62. The standard InChI is InChI=1S/C22H38/c1-17-15-19(7-13-21(17)9-4-3-5-10-21)20-8-14-22(11-6-12-22)18(2)16-20/h17-20H,3-16H2,1-2H3. The van der Waals surface area contributed by atoms with Gasteiger partial charge in [0.25, 0.3) is 0 Å². The topological polar surface area (TPSA) is 0 Å². The van der Waals surface area contributed by atoms with Crippen LogP contribution in [0.25, 0.3) is 0 Å². The second-order valence-electron chi connectivity index (χ2n) is 10.0. The molecule has 0 nitrogen and oxygen atoms in total. The summed E-state index contributed by atoms with van der Waals surface area (Å²) in [6, 6.07) is 0. The summed E-state index contributed by atoms with van der Waals surface area (Å²) in [5.74, 6) is 4.22. The smallest absolute Gasteiger partial charge is 0.0272 e. The van der Waals surface area contributed by atoms with Crippen LogP contribution in [0.15, 0.2) is 0 Å². The molecule has 0 amide bonds. The van der Waals surface area contributed by atoms with Gasteiger partial charge in [0, 0.05) is 0 Å². The fourth-order valence-corrected chi connectivity index (χ4v) is 7.31. The Kier molecular flexibility index (Phi) is 4.10. The van der Waals surface area contributed by atoms with E-state index in [0.29, 0.717) is 0 Å². The van der Waals surface area contributed by atoms with Gasteiger partial charge < -0.3 is 0 Å². The predicted molar refractivity (Wildman–Crippen MR) is 94.8 cm³/mol. The van der Waals surface area contributed by atoms with E-state index < -0.39 is 0 Å². The summed E-state index contributed by atoms with van der Waals surface area (Å²) < 4.78 is 0. The van der Waals surface area contributed by atoms with Crippen molar-refractivity contribution < 1.29 is 0 Å². The van der Waals surface area contributed by atoms with E-state index >= 15 is 0 Å². The lowest BCUT2D eigenvalue weighted by Crippen LogP contribution is -2.44. The summed E-state index contributed by atoms with van der Waals surface area (Å²) in [5, 5.41) is 0. The SMILES string of the molecule is CC1CC(C2CCC3(CCC3)C(C)C2)CCC12CCCCC2. The molecule has 4 saturated carbocycles. The monoisotopic (exact) mass is 302 g/mol. The van der Waals surface area contributed by atoms with E-state index in [1.807, 2.05) is 0 Å². The third kappa shape index (κ3) is 2.48. The maximum Gasteiger partial charge on any atom is -0.0272 e. The van der Waals surface area contributed by atoms with Crippen molar-refractivity contribution >= 4 is 0 Å². The van der Waals surface area contributed by atoms with E-state index in [1.54, 1.807) is 64.2 Å². The van der Waals surface area contributed by atoms with E-state index in [0.717, 1.165) is 34.5 Å². The fourth-order valence-electron chi connectivity index (χ4n) is 7.31. The van der Waals surface area contributed by atoms with E-state index in [4.69, 9.17) is 0 Å². The Labute approximate surface area is 138 Å². The summed E-state index contributed by atoms with van der Waals surface area (Å²) in [6.45, 7) is 5.22. The lowest BCUT2D eigenvalue weighted by molar-refractivity contribution is -0.0400. The molecule has 4 aliphatic rings. The van der Waals surface area contributed by atoms with Gasteiger partial charge in [-0.3, -0.25) is 0 Å². The van der Waals surface area contributed by atoms with E-state index in [2.05, 4.69) is 13.8 Å². The van der Waals surface area contributed by atoms with Crippen LogP contribution in [0.3, 0.4) is 0 Å². The largest absolute Gasteiger partial charge is 0.0620 e. The molecule has 4 rings (SSSR count). The molecule has 0 bridgehead atoms. The maximum absolute atomic E-state index is 2.62. The molecule has 0 N–H and O–H groups in total. The van der Waals surface area contributed by atoms with Crippen LogP contribution in [-0.4, -0.2) is 0 Å². The Morgan fingerprint density at radius 1 is 0.545 bits per heavy atom. The number of rotatable bonds is 1. The minimum atomic E-state index is 0.782. The highest BCUT2D eigenvalue weighted by Crippen LogP contribution is 2.59. The second kappa shape index (κ2) is 5.82. The second-order valence-corrected chi connectivity index (χ2v) is 10.0. The van der Waals surface area contributed by atoms with E-state index in [-0.39, 0.29) is 0 Å². The molecule has 0 aliphatic heterocycles. The van der Waals surface area contributed by atoms with Crippen LogP contribution >= 0.6 is 0 Å². The molecule has 0 heteroatoms. The Morgan fingerprint density at radius 3 is 1.36 bits per heavy atom. The Balaban J connectivity index is 1.37. The molecule has 0 aromatic rings. The normalized spacial score (nSPS) is 43.9. The molecular formula is C22H38. The van der Waals surface area contributed by atoms with Gasteiger partial charge in [0.1, 0.15) is 0 Å². The first-order chi connectivity index (χ1) is 10.6. The van der Waals surface area contributed by atoms with Crippen LogP contribution < -0.4 is 0 Å². The molecule has 4 fully saturated rings. The molecule has 4 aliphatic carbocycles. The van der Waals surface area contributed by atoms with Crippen LogP contribution in [0.1, 0.15) is 104 Å². The van der Waals surface area contributed by atoms with Gasteiger partial charge >= 0.3 is 0 Å². The van der Waals surface area contributed by atoms with Gasteiger partial charge in [-0.1, -0.05) is 39.5 Å². The molecule has 4 atom stereocenters. The highest BCUT2D eigenvalue weighted by molar-refractivity contribution is 4.99. The quantitative estimate of drug-likeness (QED) is 0.490. The summed E-state index contributed by atoms with van der Waals surface area (Å²) >= 11 is 0. The van der Waals surface area contributed by atoms with Crippen molar-refractivity contribution in [3.8, 4) is 0 Å². The van der Waals surface area contributed by atoms with Crippen LogP contribution in [0.2, 0.25) is 0 Å². The van der Waals surface area contributed by atoms with Crippen molar-refractivity contribution in [2.75, 3.05) is 0 Å². The fraction of sp³-hybridized carbons (Fsp3) is 1.00. The lowest BCUT2D eigenvalue weighted by Gasteiger charge is -2.55. The molecule has 0 saturated heterocycles. The van der Waals surface area contributed by atoms with Gasteiger partial charge in [-0.2, -0.15) is 0 Å². The first-order valence-corrected chi connectivity index (χ1v) is 10.6. The average molecular weight is 303 g/mol. The first-order valence-electron chi connectivity index (χ1n) is 10.6. The van der Waals surface area contributed by atoms with Crippen LogP contribution in [0.5, 0.6) is 0 Å². The van der Waals surface area contributed by atoms with Gasteiger partial charge in [0.15, 0.2) is 0 Å². The Morgan fingerprint density at radius 2 is 1.00 bits per heavy atom. The third-order valence-electron chi connectivity index (χ3n) is 9.29. The van der Waals surface area contributed by atoms with Gasteiger partial charge in [-0.25, -0.2) is 0 Å². The summed E-state index contributed by atoms with van der Waals surface area (Å²) in [7, 11) is 0. The first kappa shape index (κ1) is 15.5. The third-order valence-corrected chi connectivity index (χ3v) is 9.29. The Bertz CT molecular complexity index is 385. The summed E-state index contributed by atoms with van der Waals surface area (Å²) in [4.78, 5) is 0. The van der Waals surface area contributed by atoms with E-state index in [9.17, 15) is 0 Å². The highest BCUT2D eigenvalue weighted by atomic mass is 14.5. The average Bonchev–Trinajstić information content (AvgIpc) is 2.49. The van der Waals surface area contributed by atoms with Gasteiger partial charge in [-0.05, 0) is 98.7 Å². The van der Waals surface area contributed by atoms with Crippen molar-refractivity contribution in [3.63, 3.8) is 0 Å². The molecule has 126 valence electrons. The van der Waals surface area contributed by atoms with Crippen molar-refractivity contribution in [3.05, 3.63) is 0 Å². The molecule has 22 heavy (non-hydrogen) atoms. The minimum Gasteiger partial charge on any atom is -0.0620 e. The van der Waals surface area contributed by atoms with Crippen LogP contribution in [0, 0.1) is 34.5 Å². The Hall–Kier alpha value is 0.